The molecule has 4 rings (SSSR count). The fourth-order valence-electron chi connectivity index (χ4n) is 10.3. The summed E-state index contributed by atoms with van der Waals surface area (Å²) in [7, 11) is 0. The first-order valence-corrected chi connectivity index (χ1v) is 16.8. The van der Waals surface area contributed by atoms with Gasteiger partial charge in [-0.2, -0.15) is 0 Å². The Morgan fingerprint density at radius 3 is 2.41 bits per heavy atom. The van der Waals surface area contributed by atoms with Gasteiger partial charge in [0.15, 0.2) is 0 Å². The van der Waals surface area contributed by atoms with E-state index in [2.05, 4.69) is 47.3 Å². The summed E-state index contributed by atoms with van der Waals surface area (Å²) in [4.78, 5) is 12.5. The fraction of sp³-hybridized carbons (Fsp3) is 0.811. The number of rotatable bonds is 12. The van der Waals surface area contributed by atoms with Crippen molar-refractivity contribution in [2.24, 2.45) is 52.3 Å². The summed E-state index contributed by atoms with van der Waals surface area (Å²) in [6, 6.07) is 0. The van der Waals surface area contributed by atoms with Crippen LogP contribution >= 0.6 is 0 Å². The Labute approximate surface area is 241 Å². The fourth-order valence-corrected chi connectivity index (χ4v) is 10.3. The zero-order chi connectivity index (χ0) is 28.0. The van der Waals surface area contributed by atoms with Crippen LogP contribution in [-0.2, 0) is 9.53 Å². The summed E-state index contributed by atoms with van der Waals surface area (Å²) in [5, 5.41) is 0. The van der Waals surface area contributed by atoms with Gasteiger partial charge in [-0.3, -0.25) is 0 Å². The zero-order valence-corrected chi connectivity index (χ0v) is 26.1. The summed E-state index contributed by atoms with van der Waals surface area (Å²) in [6.45, 7) is 16.4. The molecule has 2 heteroatoms. The second kappa shape index (κ2) is 13.6. The highest BCUT2D eigenvalue weighted by Gasteiger charge is 2.60. The lowest BCUT2D eigenvalue weighted by molar-refractivity contribution is -0.158. The number of hydrogen-bond donors (Lipinski definition) is 0. The van der Waals surface area contributed by atoms with Gasteiger partial charge in [0.1, 0.15) is 6.10 Å². The smallest absolute Gasteiger partial charge is 0.330 e. The molecular formula is C37H60O2. The van der Waals surface area contributed by atoms with E-state index in [1.807, 2.05) is 12.2 Å². The lowest BCUT2D eigenvalue weighted by Gasteiger charge is -2.61. The molecule has 220 valence electrons. The maximum absolute atomic E-state index is 12.5. The Kier molecular flexibility index (Phi) is 10.7. The number of unbranched alkanes of at least 4 members (excludes halogenated alkanes) is 2. The van der Waals surface area contributed by atoms with Gasteiger partial charge < -0.3 is 4.74 Å². The molecule has 0 aromatic rings. The number of fused-ring (bicyclic) bond motifs is 5. The van der Waals surface area contributed by atoms with E-state index in [-0.39, 0.29) is 12.1 Å². The van der Waals surface area contributed by atoms with Crippen LogP contribution in [0.1, 0.15) is 131 Å². The Morgan fingerprint density at radius 1 is 0.897 bits per heavy atom. The first kappa shape index (κ1) is 30.6. The summed E-state index contributed by atoms with van der Waals surface area (Å²) in [5.74, 6) is 6.01. The third-order valence-electron chi connectivity index (χ3n) is 12.4. The first-order valence-electron chi connectivity index (χ1n) is 16.8. The van der Waals surface area contributed by atoms with Gasteiger partial charge in [-0.1, -0.05) is 84.8 Å². The average Bonchev–Trinajstić information content (AvgIpc) is 3.25. The molecule has 0 heterocycles. The molecule has 4 fully saturated rings. The third-order valence-corrected chi connectivity index (χ3v) is 12.4. The van der Waals surface area contributed by atoms with E-state index in [1.165, 1.54) is 64.2 Å². The number of allylic oxidation sites excluding steroid dienone is 4. The molecule has 0 amide bonds. The van der Waals surface area contributed by atoms with Crippen LogP contribution in [0.5, 0.6) is 0 Å². The van der Waals surface area contributed by atoms with Crippen molar-refractivity contribution in [3.63, 3.8) is 0 Å². The van der Waals surface area contributed by atoms with E-state index in [1.54, 1.807) is 12.2 Å². The third kappa shape index (κ3) is 6.95. The molecular weight excluding hydrogens is 476 g/mol. The van der Waals surface area contributed by atoms with Gasteiger partial charge in [0.25, 0.3) is 0 Å². The zero-order valence-electron chi connectivity index (χ0n) is 26.1. The van der Waals surface area contributed by atoms with Gasteiger partial charge in [-0.05, 0) is 129 Å². The standard InChI is InChI=1S/C37H60O2/c1-7-8-9-10-11-12-13-17-35(38)39-30-22-24-36(5)29(26-30)18-19-31-33-21-20-32(28(4)16-14-15-27(2)3)37(33,6)25-23-34(31)36/h7-9,13,17,27-34H,1,10-12,14-16,18-26H2,2-6H3/b9-8+,17-13+/t28-,29?,30+,31+,32-,33+,34+,36+,37-/m1/s1. The number of carbonyl (C=O) groups is 1. The molecule has 0 spiro atoms. The Bertz CT molecular complexity index is 869. The molecule has 39 heavy (non-hydrogen) atoms. The maximum atomic E-state index is 12.5. The molecule has 0 saturated heterocycles. The van der Waals surface area contributed by atoms with Crippen LogP contribution in [0.25, 0.3) is 0 Å². The molecule has 0 radical (unpaired) electrons. The van der Waals surface area contributed by atoms with E-state index < -0.39 is 0 Å². The summed E-state index contributed by atoms with van der Waals surface area (Å²) >= 11 is 0. The largest absolute Gasteiger partial charge is 0.459 e. The summed E-state index contributed by atoms with van der Waals surface area (Å²) < 4.78 is 5.99. The predicted molar refractivity (Wildman–Crippen MR) is 165 cm³/mol. The van der Waals surface area contributed by atoms with Crippen molar-refractivity contribution >= 4 is 5.97 Å². The van der Waals surface area contributed by atoms with E-state index in [4.69, 9.17) is 4.74 Å². The van der Waals surface area contributed by atoms with Crippen molar-refractivity contribution in [2.75, 3.05) is 0 Å². The SMILES string of the molecule is C=C/C=C/CCC/C=C/C(=O)O[C@H]1CC[C@@]2(C)C(CC[C@H]3[C@@H]4CC[C@H]([C@H](C)CCCC(C)C)[C@@]4(C)CC[C@@H]32)C1. The van der Waals surface area contributed by atoms with E-state index in [0.717, 1.165) is 73.5 Å². The second-order valence-corrected chi connectivity index (χ2v) is 15.0. The van der Waals surface area contributed by atoms with Gasteiger partial charge in [-0.25, -0.2) is 4.79 Å². The number of carbonyl (C=O) groups excluding carboxylic acids is 1. The Balaban J connectivity index is 1.29. The van der Waals surface area contributed by atoms with Gasteiger partial charge in [0, 0.05) is 6.08 Å². The molecule has 0 aliphatic heterocycles. The lowest BCUT2D eigenvalue weighted by atomic mass is 9.44. The Hall–Kier alpha value is -1.31. The normalized spacial score (nSPS) is 38.9. The topological polar surface area (TPSA) is 26.3 Å². The molecule has 2 nitrogen and oxygen atoms in total. The number of esters is 1. The molecule has 0 aromatic heterocycles. The van der Waals surface area contributed by atoms with Crippen LogP contribution in [-0.4, -0.2) is 12.1 Å². The number of hydrogen-bond acceptors (Lipinski definition) is 2. The van der Waals surface area contributed by atoms with Crippen molar-refractivity contribution in [3.05, 3.63) is 37.0 Å². The van der Waals surface area contributed by atoms with Crippen molar-refractivity contribution in [3.8, 4) is 0 Å². The van der Waals surface area contributed by atoms with Crippen molar-refractivity contribution < 1.29 is 9.53 Å². The summed E-state index contributed by atoms with van der Waals surface area (Å²) in [6.07, 6.45) is 28.9. The minimum Gasteiger partial charge on any atom is -0.459 e. The van der Waals surface area contributed by atoms with Crippen LogP contribution in [0.15, 0.2) is 37.0 Å². The van der Waals surface area contributed by atoms with Gasteiger partial charge >= 0.3 is 5.97 Å². The molecule has 4 aliphatic carbocycles. The molecule has 9 atom stereocenters. The van der Waals surface area contributed by atoms with Gasteiger partial charge in [0.05, 0.1) is 0 Å². The van der Waals surface area contributed by atoms with Gasteiger partial charge in [0.2, 0.25) is 0 Å². The minimum atomic E-state index is -0.133. The monoisotopic (exact) mass is 536 g/mol. The quantitative estimate of drug-likeness (QED) is 0.107. The molecule has 0 bridgehead atoms. The summed E-state index contributed by atoms with van der Waals surface area (Å²) in [5.41, 5.74) is 1.02. The molecule has 1 unspecified atom stereocenters. The van der Waals surface area contributed by atoms with Crippen LogP contribution in [0.4, 0.5) is 0 Å². The maximum Gasteiger partial charge on any atom is 0.330 e. The van der Waals surface area contributed by atoms with E-state index >= 15 is 0 Å². The average molecular weight is 537 g/mol. The number of ether oxygens (including phenoxy) is 1. The van der Waals surface area contributed by atoms with Crippen LogP contribution in [0.2, 0.25) is 0 Å². The first-order chi connectivity index (χ1) is 18.7. The second-order valence-electron chi connectivity index (χ2n) is 15.0. The van der Waals surface area contributed by atoms with Crippen LogP contribution in [0.3, 0.4) is 0 Å². The Morgan fingerprint density at radius 2 is 1.64 bits per heavy atom. The minimum absolute atomic E-state index is 0.115. The molecule has 4 saturated carbocycles. The van der Waals surface area contributed by atoms with Crippen molar-refractivity contribution in [1.29, 1.82) is 0 Å². The van der Waals surface area contributed by atoms with Crippen molar-refractivity contribution in [2.45, 2.75) is 137 Å². The molecule has 0 N–H and O–H groups in total. The molecule has 0 aromatic carbocycles. The highest BCUT2D eigenvalue weighted by molar-refractivity contribution is 5.82. The lowest BCUT2D eigenvalue weighted by Crippen LogP contribution is -2.54. The highest BCUT2D eigenvalue weighted by Crippen LogP contribution is 2.68. The molecule has 4 aliphatic rings. The highest BCUT2D eigenvalue weighted by atomic mass is 16.5. The van der Waals surface area contributed by atoms with E-state index in [0.29, 0.717) is 10.8 Å². The van der Waals surface area contributed by atoms with Crippen molar-refractivity contribution in [1.82, 2.24) is 0 Å². The predicted octanol–water partition coefficient (Wildman–Crippen LogP) is 10.5. The van der Waals surface area contributed by atoms with Gasteiger partial charge in [-0.15, -0.1) is 0 Å². The van der Waals surface area contributed by atoms with E-state index in [9.17, 15) is 4.79 Å². The van der Waals surface area contributed by atoms with Crippen LogP contribution < -0.4 is 0 Å². The van der Waals surface area contributed by atoms with Crippen LogP contribution in [0, 0.1) is 52.3 Å².